The van der Waals surface area contributed by atoms with Gasteiger partial charge in [0.1, 0.15) is 29.2 Å². The number of amides is 1. The van der Waals surface area contributed by atoms with E-state index < -0.39 is 6.10 Å². The molecule has 1 amide bonds. The minimum absolute atomic E-state index is 0.0345. The van der Waals surface area contributed by atoms with Crippen molar-refractivity contribution in [2.75, 3.05) is 33.4 Å². The van der Waals surface area contributed by atoms with Crippen molar-refractivity contribution in [1.29, 1.82) is 0 Å². The van der Waals surface area contributed by atoms with E-state index in [2.05, 4.69) is 19.2 Å². The van der Waals surface area contributed by atoms with Gasteiger partial charge >= 0.3 is 0 Å². The summed E-state index contributed by atoms with van der Waals surface area (Å²) in [6.07, 6.45) is 1.75. The van der Waals surface area contributed by atoms with Gasteiger partial charge in [-0.1, -0.05) is 49.2 Å². The van der Waals surface area contributed by atoms with Crippen LogP contribution in [0.5, 0.6) is 11.5 Å². The average molecular weight is 526 g/mol. The van der Waals surface area contributed by atoms with Crippen molar-refractivity contribution in [1.82, 2.24) is 10.2 Å². The lowest BCUT2D eigenvalue weighted by Crippen LogP contribution is -2.46. The van der Waals surface area contributed by atoms with Crippen LogP contribution < -0.4 is 14.8 Å². The second-order valence-electron chi connectivity index (χ2n) is 9.29. The molecule has 0 fully saturated rings. The smallest absolute Gasteiger partial charge is 0.255 e. The van der Waals surface area contributed by atoms with E-state index in [1.807, 2.05) is 38.1 Å². The number of ether oxygens (including phenoxy) is 2. The molecule has 0 aliphatic rings. The molecule has 0 aliphatic heterocycles. The normalized spacial score (nSPS) is 12.3. The number of carbonyl (C=O) groups excluding carboxylic acids is 1. The summed E-state index contributed by atoms with van der Waals surface area (Å²) in [7, 11) is 1.65. The highest BCUT2D eigenvalue weighted by atomic mass is 35.5. The van der Waals surface area contributed by atoms with E-state index >= 15 is 0 Å². The van der Waals surface area contributed by atoms with Gasteiger partial charge in [-0.05, 0) is 62.9 Å². The van der Waals surface area contributed by atoms with E-state index in [-0.39, 0.29) is 28.1 Å². The number of rotatable bonds is 14. The molecule has 8 heteroatoms. The Kier molecular flexibility index (Phi) is 11.6. The molecule has 2 rings (SSSR count). The Labute approximate surface area is 219 Å². The Balaban J connectivity index is 1.92. The molecule has 0 saturated heterocycles. The summed E-state index contributed by atoms with van der Waals surface area (Å²) in [6, 6.07) is 11.2. The van der Waals surface area contributed by atoms with E-state index in [1.165, 1.54) is 5.56 Å². The molecule has 0 unspecified atom stereocenters. The Morgan fingerprint density at radius 3 is 2.26 bits per heavy atom. The van der Waals surface area contributed by atoms with Crippen LogP contribution in [0.25, 0.3) is 0 Å². The van der Waals surface area contributed by atoms with Crippen molar-refractivity contribution in [3.05, 3.63) is 57.6 Å². The number of aliphatic hydroxyl groups is 1. The summed E-state index contributed by atoms with van der Waals surface area (Å²) in [5.41, 5.74) is 1.29. The molecule has 0 bridgehead atoms. The number of methoxy groups -OCH3 is 1. The maximum Gasteiger partial charge on any atom is 0.255 e. The summed E-state index contributed by atoms with van der Waals surface area (Å²) in [5.74, 6) is 1.01. The van der Waals surface area contributed by atoms with Gasteiger partial charge < -0.3 is 24.8 Å². The molecule has 0 aromatic heterocycles. The quantitative estimate of drug-likeness (QED) is 0.335. The number of hydrogen-bond donors (Lipinski definition) is 2. The van der Waals surface area contributed by atoms with E-state index in [0.717, 1.165) is 25.0 Å². The monoisotopic (exact) mass is 524 g/mol. The first kappa shape index (κ1) is 29.2. The fourth-order valence-electron chi connectivity index (χ4n) is 3.79. The number of hydrogen-bond acceptors (Lipinski definition) is 5. The Morgan fingerprint density at radius 2 is 1.69 bits per heavy atom. The van der Waals surface area contributed by atoms with Crippen molar-refractivity contribution in [2.45, 2.75) is 58.6 Å². The number of nitrogens with zero attached hydrogens (tertiary/aromatic N) is 1. The van der Waals surface area contributed by atoms with E-state index in [4.69, 9.17) is 32.7 Å². The van der Waals surface area contributed by atoms with Crippen LogP contribution in [0.1, 0.15) is 56.5 Å². The number of aliphatic hydroxyl groups excluding tert-OH is 1. The van der Waals surface area contributed by atoms with Gasteiger partial charge in [0.25, 0.3) is 5.91 Å². The predicted octanol–water partition coefficient (Wildman–Crippen LogP) is 5.61. The molecule has 0 heterocycles. The zero-order chi connectivity index (χ0) is 26.0. The average Bonchev–Trinajstić information content (AvgIpc) is 2.83. The fourth-order valence-corrected chi connectivity index (χ4v) is 4.24. The fraction of sp³-hybridized carbons (Fsp3) is 0.519. The first-order chi connectivity index (χ1) is 16.6. The van der Waals surface area contributed by atoms with Gasteiger partial charge in [-0.15, -0.1) is 0 Å². The minimum atomic E-state index is -0.758. The lowest BCUT2D eigenvalue weighted by molar-refractivity contribution is 0.0755. The van der Waals surface area contributed by atoms with Gasteiger partial charge in [0.05, 0.1) is 17.7 Å². The van der Waals surface area contributed by atoms with Crippen LogP contribution in [0.3, 0.4) is 0 Å². The standard InChI is InChI=1S/C27H38Cl2N2O4/c1-6-14-31(15-7-2)26(33)22-12-13-23(25(29)24(22)28)35-18-20(32)17-30-27(3,4)16-19-8-10-21(34-5)11-9-19/h8-13,20,30,32H,6-7,14-18H2,1-5H3/t20-/m1/s1. The number of halogens is 2. The highest BCUT2D eigenvalue weighted by Crippen LogP contribution is 2.35. The van der Waals surface area contributed by atoms with Crippen LogP contribution in [0.2, 0.25) is 10.0 Å². The van der Waals surface area contributed by atoms with E-state index in [1.54, 1.807) is 24.1 Å². The minimum Gasteiger partial charge on any atom is -0.497 e. The highest BCUT2D eigenvalue weighted by Gasteiger charge is 2.22. The molecule has 0 radical (unpaired) electrons. The van der Waals surface area contributed by atoms with E-state index in [0.29, 0.717) is 30.9 Å². The molecular weight excluding hydrogens is 487 g/mol. The van der Waals surface area contributed by atoms with Crippen molar-refractivity contribution >= 4 is 29.1 Å². The van der Waals surface area contributed by atoms with Gasteiger partial charge in [0, 0.05) is 25.2 Å². The summed E-state index contributed by atoms with van der Waals surface area (Å²) in [4.78, 5) is 14.7. The van der Waals surface area contributed by atoms with Gasteiger partial charge in [0.15, 0.2) is 0 Å². The molecule has 2 aromatic carbocycles. The molecular formula is C27H38Cl2N2O4. The summed E-state index contributed by atoms with van der Waals surface area (Å²) >= 11 is 12.8. The second kappa shape index (κ2) is 13.9. The second-order valence-corrected chi connectivity index (χ2v) is 10.0. The number of nitrogens with one attached hydrogen (secondary N) is 1. The van der Waals surface area contributed by atoms with Crippen molar-refractivity contribution in [3.63, 3.8) is 0 Å². The zero-order valence-electron chi connectivity index (χ0n) is 21.4. The Morgan fingerprint density at radius 1 is 1.06 bits per heavy atom. The van der Waals surface area contributed by atoms with Gasteiger partial charge in [-0.25, -0.2) is 0 Å². The van der Waals surface area contributed by atoms with Crippen LogP contribution in [0.4, 0.5) is 0 Å². The molecule has 2 N–H and O–H groups in total. The van der Waals surface area contributed by atoms with Crippen molar-refractivity contribution < 1.29 is 19.4 Å². The molecule has 35 heavy (non-hydrogen) atoms. The van der Waals surface area contributed by atoms with Gasteiger partial charge in [-0.2, -0.15) is 0 Å². The first-order valence-corrected chi connectivity index (χ1v) is 12.8. The summed E-state index contributed by atoms with van der Waals surface area (Å²) < 4.78 is 10.9. The van der Waals surface area contributed by atoms with Crippen LogP contribution in [0, 0.1) is 0 Å². The van der Waals surface area contributed by atoms with Crippen LogP contribution >= 0.6 is 23.2 Å². The van der Waals surface area contributed by atoms with E-state index in [9.17, 15) is 9.90 Å². The lowest BCUT2D eigenvalue weighted by Gasteiger charge is -2.28. The van der Waals surface area contributed by atoms with Crippen LogP contribution in [0.15, 0.2) is 36.4 Å². The number of carbonyl (C=O) groups is 1. The molecule has 0 aliphatic carbocycles. The number of benzene rings is 2. The van der Waals surface area contributed by atoms with Gasteiger partial charge in [-0.3, -0.25) is 4.79 Å². The van der Waals surface area contributed by atoms with Crippen molar-refractivity contribution in [2.24, 2.45) is 0 Å². The maximum absolute atomic E-state index is 12.9. The number of β-amino-alcohol motifs (C(OH)–C–C–N with tert-alkyl or cyclic N) is 1. The molecule has 194 valence electrons. The SMILES string of the molecule is CCCN(CCC)C(=O)c1ccc(OC[C@H](O)CNC(C)(C)Cc2ccc(OC)cc2)c(Cl)c1Cl. The van der Waals surface area contributed by atoms with Gasteiger partial charge in [0.2, 0.25) is 0 Å². The molecule has 6 nitrogen and oxygen atoms in total. The molecule has 0 saturated carbocycles. The largest absolute Gasteiger partial charge is 0.497 e. The zero-order valence-corrected chi connectivity index (χ0v) is 22.9. The van der Waals surface area contributed by atoms with Crippen LogP contribution in [-0.2, 0) is 6.42 Å². The topological polar surface area (TPSA) is 71.0 Å². The lowest BCUT2D eigenvalue weighted by atomic mass is 9.94. The molecule has 2 aromatic rings. The highest BCUT2D eigenvalue weighted by molar-refractivity contribution is 6.44. The Bertz CT molecular complexity index is 945. The predicted molar refractivity (Wildman–Crippen MR) is 143 cm³/mol. The maximum atomic E-state index is 12.9. The third-order valence-corrected chi connectivity index (χ3v) is 6.47. The molecule has 1 atom stereocenters. The summed E-state index contributed by atoms with van der Waals surface area (Å²) in [6.45, 7) is 9.92. The Hall–Kier alpha value is -1.99. The third kappa shape index (κ3) is 8.87. The van der Waals surface area contributed by atoms with Crippen molar-refractivity contribution in [3.8, 4) is 11.5 Å². The summed E-state index contributed by atoms with van der Waals surface area (Å²) in [5, 5.41) is 14.2. The van der Waals surface area contributed by atoms with Crippen LogP contribution in [-0.4, -0.2) is 60.9 Å². The third-order valence-electron chi connectivity index (χ3n) is 5.60. The molecule has 0 spiro atoms. The first-order valence-electron chi connectivity index (χ1n) is 12.1.